The van der Waals surface area contributed by atoms with Gasteiger partial charge in [0.1, 0.15) is 16.3 Å². The van der Waals surface area contributed by atoms with E-state index in [4.69, 9.17) is 4.98 Å². The van der Waals surface area contributed by atoms with E-state index in [1.54, 1.807) is 22.2 Å². The first-order chi connectivity index (χ1) is 14.2. The number of carbonyl (C=O) groups excluding carboxylic acids is 1. The largest absolute Gasteiger partial charge is 0.338 e. The van der Waals surface area contributed by atoms with Crippen LogP contribution in [0.4, 0.5) is 4.39 Å². The van der Waals surface area contributed by atoms with Crippen LogP contribution in [0.2, 0.25) is 0 Å². The highest BCUT2D eigenvalue weighted by Crippen LogP contribution is 2.41. The molecule has 4 aromatic rings. The zero-order valence-electron chi connectivity index (χ0n) is 15.7. The zero-order chi connectivity index (χ0) is 19.8. The summed E-state index contributed by atoms with van der Waals surface area (Å²) in [6, 6.07) is 13.4. The fraction of sp³-hybridized carbons (Fsp3) is 0.227. The molecule has 0 N–H and O–H groups in total. The van der Waals surface area contributed by atoms with E-state index in [0.29, 0.717) is 18.0 Å². The van der Waals surface area contributed by atoms with Crippen molar-refractivity contribution in [3.63, 3.8) is 0 Å². The van der Waals surface area contributed by atoms with E-state index in [9.17, 15) is 9.18 Å². The van der Waals surface area contributed by atoms with Crippen molar-refractivity contribution in [1.29, 1.82) is 0 Å². The molecule has 0 radical (unpaired) electrons. The summed E-state index contributed by atoms with van der Waals surface area (Å²) in [5, 5.41) is 0. The highest BCUT2D eigenvalue weighted by Gasteiger charge is 2.41. The molecule has 1 amide bonds. The standard InChI is InChI=1S/C22H19FN4OS/c23-17-6-7-20-25-19(14-27(20)13-17)22(16-4-2-1-3-5-16)8-10-26(11-9-22)21(28)18-12-24-15-29-18/h1-7,12-15H,8-11H2. The number of nitrogens with zero attached hydrogens (tertiary/aromatic N) is 4. The number of pyridine rings is 1. The molecule has 0 aliphatic carbocycles. The first kappa shape index (κ1) is 18.0. The highest BCUT2D eigenvalue weighted by molar-refractivity contribution is 7.11. The van der Waals surface area contributed by atoms with Crippen molar-refractivity contribution in [3.05, 3.63) is 88.5 Å². The predicted octanol–water partition coefficient (Wildman–Crippen LogP) is 4.15. The van der Waals surface area contributed by atoms with Gasteiger partial charge in [-0.3, -0.25) is 9.78 Å². The molecule has 0 unspecified atom stereocenters. The van der Waals surface area contributed by atoms with Crippen molar-refractivity contribution in [2.24, 2.45) is 0 Å². The number of carbonyl (C=O) groups is 1. The summed E-state index contributed by atoms with van der Waals surface area (Å²) < 4.78 is 15.4. The van der Waals surface area contributed by atoms with Crippen LogP contribution in [-0.2, 0) is 5.41 Å². The number of likely N-dealkylation sites (tertiary alicyclic amines) is 1. The number of imidazole rings is 1. The van der Waals surface area contributed by atoms with Crippen LogP contribution in [0.5, 0.6) is 0 Å². The number of aromatic nitrogens is 3. The molecule has 1 aliphatic rings. The third-order valence-electron chi connectivity index (χ3n) is 5.78. The van der Waals surface area contributed by atoms with Crippen LogP contribution in [0.15, 0.2) is 66.6 Å². The predicted molar refractivity (Wildman–Crippen MR) is 110 cm³/mol. The van der Waals surface area contributed by atoms with Crippen molar-refractivity contribution < 1.29 is 9.18 Å². The van der Waals surface area contributed by atoms with Crippen LogP contribution in [-0.4, -0.2) is 38.3 Å². The molecule has 146 valence electrons. The van der Waals surface area contributed by atoms with Gasteiger partial charge >= 0.3 is 0 Å². The van der Waals surface area contributed by atoms with E-state index in [0.717, 1.165) is 24.2 Å². The molecule has 0 bridgehead atoms. The Morgan fingerprint density at radius 3 is 2.59 bits per heavy atom. The van der Waals surface area contributed by atoms with Gasteiger partial charge in [-0.25, -0.2) is 9.37 Å². The Labute approximate surface area is 171 Å². The maximum atomic E-state index is 13.7. The third kappa shape index (κ3) is 3.11. The normalized spacial score (nSPS) is 16.2. The number of thiazole rings is 1. The minimum Gasteiger partial charge on any atom is -0.338 e. The molecule has 7 heteroatoms. The molecular formula is C22H19FN4OS. The third-order valence-corrected chi connectivity index (χ3v) is 6.54. The Morgan fingerprint density at radius 2 is 1.86 bits per heavy atom. The molecule has 0 atom stereocenters. The number of halogens is 1. The van der Waals surface area contributed by atoms with E-state index in [1.165, 1.54) is 29.2 Å². The van der Waals surface area contributed by atoms with Crippen LogP contribution < -0.4 is 0 Å². The molecule has 3 aromatic heterocycles. The second kappa shape index (κ2) is 7.08. The molecule has 4 heterocycles. The van der Waals surface area contributed by atoms with Crippen molar-refractivity contribution in [2.45, 2.75) is 18.3 Å². The number of fused-ring (bicyclic) bond motifs is 1. The molecule has 1 aliphatic heterocycles. The van der Waals surface area contributed by atoms with Crippen LogP contribution in [0.25, 0.3) is 5.65 Å². The Morgan fingerprint density at radius 1 is 1.07 bits per heavy atom. The molecule has 5 nitrogen and oxygen atoms in total. The van der Waals surface area contributed by atoms with Crippen molar-refractivity contribution >= 4 is 22.9 Å². The van der Waals surface area contributed by atoms with Crippen LogP contribution >= 0.6 is 11.3 Å². The van der Waals surface area contributed by atoms with Crippen molar-refractivity contribution in [1.82, 2.24) is 19.3 Å². The van der Waals surface area contributed by atoms with Gasteiger partial charge in [-0.05, 0) is 30.5 Å². The van der Waals surface area contributed by atoms with Gasteiger partial charge < -0.3 is 9.30 Å². The lowest BCUT2D eigenvalue weighted by atomic mass is 9.70. The van der Waals surface area contributed by atoms with Gasteiger partial charge in [0.15, 0.2) is 0 Å². The summed E-state index contributed by atoms with van der Waals surface area (Å²) in [7, 11) is 0. The molecule has 1 aromatic carbocycles. The summed E-state index contributed by atoms with van der Waals surface area (Å²) in [6.45, 7) is 1.27. The van der Waals surface area contributed by atoms with Crippen molar-refractivity contribution in [3.8, 4) is 0 Å². The first-order valence-electron chi connectivity index (χ1n) is 9.54. The van der Waals surface area contributed by atoms with Gasteiger partial charge in [-0.1, -0.05) is 30.3 Å². The summed E-state index contributed by atoms with van der Waals surface area (Å²) >= 11 is 1.37. The SMILES string of the molecule is O=C(c1cncs1)N1CCC(c2ccccc2)(c2cn3cc(F)ccc3n2)CC1. The number of piperidine rings is 1. The zero-order valence-corrected chi connectivity index (χ0v) is 16.5. The molecule has 5 rings (SSSR count). The smallest absolute Gasteiger partial charge is 0.265 e. The lowest BCUT2D eigenvalue weighted by molar-refractivity contribution is 0.0689. The topological polar surface area (TPSA) is 50.5 Å². The van der Waals surface area contributed by atoms with Crippen LogP contribution in [0.3, 0.4) is 0 Å². The number of rotatable bonds is 3. The first-order valence-corrected chi connectivity index (χ1v) is 10.4. The minimum atomic E-state index is -0.311. The molecule has 0 spiro atoms. The average Bonchev–Trinajstić information content (AvgIpc) is 3.44. The highest BCUT2D eigenvalue weighted by atomic mass is 32.1. The Kier molecular flexibility index (Phi) is 4.39. The molecule has 29 heavy (non-hydrogen) atoms. The van der Waals surface area contributed by atoms with Gasteiger partial charge in [0, 0.05) is 30.9 Å². The van der Waals surface area contributed by atoms with E-state index in [2.05, 4.69) is 17.1 Å². The Hall–Kier alpha value is -3.06. The van der Waals surface area contributed by atoms with E-state index in [-0.39, 0.29) is 17.1 Å². The molecule has 1 saturated heterocycles. The Balaban J connectivity index is 1.52. The summed E-state index contributed by atoms with van der Waals surface area (Å²) in [6.07, 6.45) is 6.52. The van der Waals surface area contributed by atoms with Gasteiger partial charge in [0.25, 0.3) is 5.91 Å². The quantitative estimate of drug-likeness (QED) is 0.514. The summed E-state index contributed by atoms with van der Waals surface area (Å²) in [4.78, 5) is 24.2. The number of hydrogen-bond acceptors (Lipinski definition) is 4. The minimum absolute atomic E-state index is 0.0336. The maximum Gasteiger partial charge on any atom is 0.265 e. The fourth-order valence-corrected chi connectivity index (χ4v) is 4.80. The Bertz CT molecular complexity index is 1150. The van der Waals surface area contributed by atoms with Crippen LogP contribution in [0.1, 0.15) is 33.8 Å². The fourth-order valence-electron chi connectivity index (χ4n) is 4.21. The summed E-state index contributed by atoms with van der Waals surface area (Å²) in [5.41, 5.74) is 4.18. The monoisotopic (exact) mass is 406 g/mol. The van der Waals surface area contributed by atoms with E-state index >= 15 is 0 Å². The maximum absolute atomic E-state index is 13.7. The molecular weight excluding hydrogens is 387 g/mol. The number of benzene rings is 1. The van der Waals surface area contributed by atoms with Crippen molar-refractivity contribution in [2.75, 3.05) is 13.1 Å². The second-order valence-corrected chi connectivity index (χ2v) is 8.23. The van der Waals surface area contributed by atoms with Gasteiger partial charge in [-0.2, -0.15) is 0 Å². The number of amides is 1. The number of hydrogen-bond donors (Lipinski definition) is 0. The lowest BCUT2D eigenvalue weighted by Gasteiger charge is -2.41. The molecule has 0 saturated carbocycles. The second-order valence-electron chi connectivity index (χ2n) is 7.34. The van der Waals surface area contributed by atoms with Crippen LogP contribution in [0, 0.1) is 5.82 Å². The summed E-state index contributed by atoms with van der Waals surface area (Å²) in [5.74, 6) is -0.258. The lowest BCUT2D eigenvalue weighted by Crippen LogP contribution is -2.45. The van der Waals surface area contributed by atoms with Gasteiger partial charge in [-0.15, -0.1) is 11.3 Å². The van der Waals surface area contributed by atoms with E-state index < -0.39 is 0 Å². The average molecular weight is 406 g/mol. The van der Waals surface area contributed by atoms with Gasteiger partial charge in [0.2, 0.25) is 0 Å². The van der Waals surface area contributed by atoms with E-state index in [1.807, 2.05) is 29.3 Å². The molecule has 1 fully saturated rings. The van der Waals surface area contributed by atoms with Gasteiger partial charge in [0.05, 0.1) is 17.4 Å².